The molecule has 13 nitrogen and oxygen atoms in total. The number of rotatable bonds is 15. The molecule has 1 heterocycles. The molecule has 242 valence electrons. The van der Waals surface area contributed by atoms with Crippen LogP contribution in [0, 0.1) is 0 Å². The number of carbonyl (C=O) groups excluding carboxylic acids is 3. The number of amides is 1. The molecule has 45 heavy (non-hydrogen) atoms. The number of nitrogens with zero attached hydrogens (tertiary/aromatic N) is 1. The predicted octanol–water partition coefficient (Wildman–Crippen LogP) is 3.91. The highest BCUT2D eigenvalue weighted by atomic mass is 16.7. The van der Waals surface area contributed by atoms with E-state index in [2.05, 4.69) is 10.3 Å². The van der Waals surface area contributed by atoms with Crippen LogP contribution in [0.4, 0.5) is 0 Å². The molecule has 0 aliphatic heterocycles. The largest absolute Gasteiger partial charge is 0.497 e. The summed E-state index contributed by atoms with van der Waals surface area (Å²) in [5.74, 6) is -0.281. The van der Waals surface area contributed by atoms with Crippen LogP contribution in [0.25, 0.3) is 0 Å². The van der Waals surface area contributed by atoms with E-state index in [0.717, 1.165) is 11.1 Å². The van der Waals surface area contributed by atoms with E-state index < -0.39 is 42.7 Å². The summed E-state index contributed by atoms with van der Waals surface area (Å²) in [6, 6.07) is 11.1. The van der Waals surface area contributed by atoms with Crippen LogP contribution < -0.4 is 33.7 Å². The number of ether oxygens (including phenoxy) is 8. The average Bonchev–Trinajstić information content (AvgIpc) is 3.03. The number of carbonyl (C=O) groups is 3. The lowest BCUT2D eigenvalue weighted by molar-refractivity contribution is -0.151. The summed E-state index contributed by atoms with van der Waals surface area (Å²) in [5.41, 5.74) is 1.28. The Labute approximate surface area is 261 Å². The summed E-state index contributed by atoms with van der Waals surface area (Å²) in [5, 5.41) is 2.58. The molecule has 3 aromatic rings. The van der Waals surface area contributed by atoms with E-state index in [1.165, 1.54) is 33.2 Å². The molecule has 2 atom stereocenters. The van der Waals surface area contributed by atoms with E-state index in [0.29, 0.717) is 23.0 Å². The van der Waals surface area contributed by atoms with E-state index in [1.54, 1.807) is 47.5 Å². The highest BCUT2D eigenvalue weighted by Gasteiger charge is 2.30. The van der Waals surface area contributed by atoms with Gasteiger partial charge in [-0.05, 0) is 49.2 Å². The first-order valence-electron chi connectivity index (χ1n) is 13.8. The minimum Gasteiger partial charge on any atom is -0.497 e. The number of methoxy groups -OCH3 is 5. The summed E-state index contributed by atoms with van der Waals surface area (Å²) >= 11 is 0. The number of aromatic nitrogens is 1. The van der Waals surface area contributed by atoms with Crippen LogP contribution in [-0.4, -0.2) is 77.3 Å². The lowest BCUT2D eigenvalue weighted by atomic mass is 9.86. The lowest BCUT2D eigenvalue weighted by Crippen LogP contribution is -2.41. The zero-order valence-electron chi connectivity index (χ0n) is 26.5. The van der Waals surface area contributed by atoms with Gasteiger partial charge < -0.3 is 43.2 Å². The highest BCUT2D eigenvalue weighted by molar-refractivity contribution is 5.98. The number of pyridine rings is 1. The summed E-state index contributed by atoms with van der Waals surface area (Å²) in [7, 11) is 7.54. The van der Waals surface area contributed by atoms with Crippen molar-refractivity contribution in [2.24, 2.45) is 0 Å². The number of hydrogen-bond acceptors (Lipinski definition) is 12. The molecule has 0 radical (unpaired) electrons. The Morgan fingerprint density at radius 3 is 1.73 bits per heavy atom. The van der Waals surface area contributed by atoms with Crippen LogP contribution in [0.3, 0.4) is 0 Å². The van der Waals surface area contributed by atoms with Crippen molar-refractivity contribution in [1.29, 1.82) is 0 Å². The van der Waals surface area contributed by atoms with Crippen molar-refractivity contribution < 1.29 is 52.3 Å². The fraction of sp³-hybridized carbons (Fsp3) is 0.375. The second-order valence-corrected chi connectivity index (χ2v) is 9.70. The van der Waals surface area contributed by atoms with Gasteiger partial charge in [0.25, 0.3) is 5.91 Å². The Kier molecular flexibility index (Phi) is 12.2. The fourth-order valence-corrected chi connectivity index (χ4v) is 4.49. The van der Waals surface area contributed by atoms with Crippen LogP contribution in [-0.2, 0) is 19.1 Å². The zero-order chi connectivity index (χ0) is 33.1. The molecule has 0 spiro atoms. The molecule has 0 fully saturated rings. The molecule has 3 rings (SSSR count). The van der Waals surface area contributed by atoms with Crippen LogP contribution in [0.15, 0.2) is 48.7 Å². The monoisotopic (exact) mass is 626 g/mol. The number of esters is 2. The van der Waals surface area contributed by atoms with Gasteiger partial charge in [-0.3, -0.25) is 9.59 Å². The Bertz CT molecular complexity index is 1390. The molecule has 0 saturated carbocycles. The van der Waals surface area contributed by atoms with Gasteiger partial charge in [-0.1, -0.05) is 0 Å². The third-order valence-electron chi connectivity index (χ3n) is 6.71. The number of nitrogens with one attached hydrogen (secondary N) is 1. The molecule has 0 aliphatic rings. The highest BCUT2D eigenvalue weighted by Crippen LogP contribution is 2.38. The van der Waals surface area contributed by atoms with Crippen molar-refractivity contribution in [2.45, 2.75) is 38.8 Å². The van der Waals surface area contributed by atoms with Crippen molar-refractivity contribution in [2.75, 3.05) is 42.3 Å². The molecule has 13 heteroatoms. The standard InChI is InChI=1S/C32H38N2O11/c1-18(34-31(36)29-30(44-17-43-20(3)35)27(42-8)9-10-33-29)32(37)45-19(2)28(21-11-23(38-4)15-24(12-21)39-5)22-13-25(40-6)16-26(14-22)41-7/h9-16,18-19,28H,17H2,1-8H3,(H,34,36)/t18-,19-/m0/s1. The second-order valence-electron chi connectivity index (χ2n) is 9.70. The van der Waals surface area contributed by atoms with Gasteiger partial charge in [-0.15, -0.1) is 0 Å². The fourth-order valence-electron chi connectivity index (χ4n) is 4.49. The van der Waals surface area contributed by atoms with Gasteiger partial charge in [0.15, 0.2) is 17.2 Å². The third kappa shape index (κ3) is 8.91. The topological polar surface area (TPSA) is 150 Å². The van der Waals surface area contributed by atoms with Gasteiger partial charge in [0.1, 0.15) is 35.1 Å². The Morgan fingerprint density at radius 2 is 1.29 bits per heavy atom. The molecule has 1 N–H and O–H groups in total. The van der Waals surface area contributed by atoms with E-state index in [1.807, 2.05) is 24.3 Å². The van der Waals surface area contributed by atoms with Crippen LogP contribution >= 0.6 is 0 Å². The lowest BCUT2D eigenvalue weighted by Gasteiger charge is -2.27. The predicted molar refractivity (Wildman–Crippen MR) is 161 cm³/mol. The molecule has 0 saturated heterocycles. The van der Waals surface area contributed by atoms with Gasteiger partial charge in [0.2, 0.25) is 6.79 Å². The minimum atomic E-state index is -1.10. The van der Waals surface area contributed by atoms with Crippen molar-refractivity contribution in [3.05, 3.63) is 65.5 Å². The molecule has 0 bridgehead atoms. The molecule has 1 aromatic heterocycles. The molecule has 0 aliphatic carbocycles. The van der Waals surface area contributed by atoms with E-state index in [9.17, 15) is 14.4 Å². The first-order chi connectivity index (χ1) is 21.5. The van der Waals surface area contributed by atoms with E-state index in [-0.39, 0.29) is 17.2 Å². The average molecular weight is 627 g/mol. The first kappa shape index (κ1) is 34.3. The third-order valence-corrected chi connectivity index (χ3v) is 6.71. The van der Waals surface area contributed by atoms with Crippen molar-refractivity contribution >= 4 is 17.8 Å². The first-order valence-corrected chi connectivity index (χ1v) is 13.8. The summed E-state index contributed by atoms with van der Waals surface area (Å²) in [6.45, 7) is 3.95. The Morgan fingerprint density at radius 1 is 0.778 bits per heavy atom. The second kappa shape index (κ2) is 16.0. The molecular formula is C32H38N2O11. The number of hydrogen-bond donors (Lipinski definition) is 1. The summed E-state index contributed by atoms with van der Waals surface area (Å²) in [6.07, 6.45) is 0.579. The molecule has 1 amide bonds. The smallest absolute Gasteiger partial charge is 0.328 e. The maximum atomic E-state index is 13.4. The molecular weight excluding hydrogens is 588 g/mol. The molecule has 2 aromatic carbocycles. The minimum absolute atomic E-state index is 0.0632. The van der Waals surface area contributed by atoms with Crippen molar-refractivity contribution in [3.63, 3.8) is 0 Å². The van der Waals surface area contributed by atoms with Crippen molar-refractivity contribution in [1.82, 2.24) is 10.3 Å². The van der Waals surface area contributed by atoms with Crippen LogP contribution in [0.1, 0.15) is 48.3 Å². The van der Waals surface area contributed by atoms with Gasteiger partial charge in [0, 0.05) is 37.2 Å². The zero-order valence-corrected chi connectivity index (χ0v) is 26.5. The molecule has 0 unspecified atom stereocenters. The van der Waals surface area contributed by atoms with E-state index >= 15 is 0 Å². The Hall–Kier alpha value is -5.20. The maximum Gasteiger partial charge on any atom is 0.328 e. The van der Waals surface area contributed by atoms with Gasteiger partial charge in [0.05, 0.1) is 35.5 Å². The summed E-state index contributed by atoms with van der Waals surface area (Å²) in [4.78, 5) is 41.8. The Balaban J connectivity index is 1.90. The van der Waals surface area contributed by atoms with Gasteiger partial charge in [-0.2, -0.15) is 0 Å². The van der Waals surface area contributed by atoms with Gasteiger partial charge >= 0.3 is 11.9 Å². The normalized spacial score (nSPS) is 11.9. The number of benzene rings is 2. The maximum absolute atomic E-state index is 13.4. The SMILES string of the molecule is COc1cc(OC)cc(C(c2cc(OC)cc(OC)c2)[C@H](C)OC(=O)[C@H](C)NC(=O)c2nccc(OC)c2OCOC(C)=O)c1. The van der Waals surface area contributed by atoms with Crippen LogP contribution in [0.2, 0.25) is 0 Å². The summed E-state index contributed by atoms with van der Waals surface area (Å²) < 4.78 is 43.4. The van der Waals surface area contributed by atoms with Crippen molar-refractivity contribution in [3.8, 4) is 34.5 Å². The van der Waals surface area contributed by atoms with Gasteiger partial charge in [-0.25, -0.2) is 9.78 Å². The quantitative estimate of drug-likeness (QED) is 0.192. The van der Waals surface area contributed by atoms with E-state index in [4.69, 9.17) is 37.9 Å². The van der Waals surface area contributed by atoms with Crippen LogP contribution in [0.5, 0.6) is 34.5 Å².